The van der Waals surface area contributed by atoms with Gasteiger partial charge in [-0.3, -0.25) is 4.90 Å². The summed E-state index contributed by atoms with van der Waals surface area (Å²) in [4.78, 5) is 2.48. The number of nitrogens with zero attached hydrogens (tertiary/aromatic N) is 1. The van der Waals surface area contributed by atoms with Gasteiger partial charge in [-0.2, -0.15) is 0 Å². The van der Waals surface area contributed by atoms with Gasteiger partial charge in [-0.05, 0) is 25.8 Å². The Labute approximate surface area is 92.1 Å². The summed E-state index contributed by atoms with van der Waals surface area (Å²) in [6.07, 6.45) is 1.12. The van der Waals surface area contributed by atoms with E-state index >= 15 is 0 Å². The maximum absolute atomic E-state index is 5.96. The molecule has 1 fully saturated rings. The van der Waals surface area contributed by atoms with Crippen molar-refractivity contribution in [1.29, 1.82) is 0 Å². The minimum absolute atomic E-state index is 0.107. The van der Waals surface area contributed by atoms with Crippen molar-refractivity contribution in [1.82, 2.24) is 4.90 Å². The standard InChI is InChI=1S/C13H20N2/c1-13(2,11-6-4-3-5-7-11)15-9-8-12(14)10-15/h3-7,12H,8-10,14H2,1-2H3. The molecule has 1 saturated heterocycles. The van der Waals surface area contributed by atoms with Crippen LogP contribution in [0.25, 0.3) is 0 Å². The maximum Gasteiger partial charge on any atom is 0.0405 e. The van der Waals surface area contributed by atoms with E-state index in [0.29, 0.717) is 6.04 Å². The summed E-state index contributed by atoms with van der Waals surface area (Å²) in [5.74, 6) is 0. The highest BCUT2D eigenvalue weighted by Gasteiger charge is 2.33. The van der Waals surface area contributed by atoms with Crippen LogP contribution >= 0.6 is 0 Å². The molecule has 1 unspecified atom stereocenters. The molecule has 1 atom stereocenters. The van der Waals surface area contributed by atoms with Crippen LogP contribution in [-0.4, -0.2) is 24.0 Å². The van der Waals surface area contributed by atoms with E-state index in [1.54, 1.807) is 0 Å². The number of hydrogen-bond donors (Lipinski definition) is 1. The molecular formula is C13H20N2. The number of likely N-dealkylation sites (tertiary alicyclic amines) is 1. The lowest BCUT2D eigenvalue weighted by Gasteiger charge is -2.36. The first-order valence-corrected chi connectivity index (χ1v) is 5.67. The Morgan fingerprint density at radius 1 is 1.27 bits per heavy atom. The zero-order valence-electron chi connectivity index (χ0n) is 9.61. The molecule has 2 heteroatoms. The molecule has 1 aliphatic heterocycles. The maximum atomic E-state index is 5.96. The number of benzene rings is 1. The Bertz CT molecular complexity index is 319. The molecule has 1 aromatic carbocycles. The quantitative estimate of drug-likeness (QED) is 0.798. The molecule has 0 aliphatic carbocycles. The second-order valence-corrected chi connectivity index (χ2v) is 4.92. The van der Waals surface area contributed by atoms with Crippen LogP contribution in [0.2, 0.25) is 0 Å². The first-order valence-electron chi connectivity index (χ1n) is 5.67. The van der Waals surface area contributed by atoms with Gasteiger partial charge in [0, 0.05) is 24.7 Å². The summed E-state index contributed by atoms with van der Waals surface area (Å²) >= 11 is 0. The molecule has 0 aromatic heterocycles. The largest absolute Gasteiger partial charge is 0.326 e. The van der Waals surface area contributed by atoms with Gasteiger partial charge in [-0.1, -0.05) is 30.3 Å². The molecular weight excluding hydrogens is 184 g/mol. The van der Waals surface area contributed by atoms with Gasteiger partial charge in [-0.25, -0.2) is 0 Å². The van der Waals surface area contributed by atoms with Crippen molar-refractivity contribution in [2.45, 2.75) is 31.8 Å². The van der Waals surface area contributed by atoms with Crippen molar-refractivity contribution in [3.05, 3.63) is 35.9 Å². The zero-order valence-corrected chi connectivity index (χ0v) is 9.61. The lowest BCUT2D eigenvalue weighted by molar-refractivity contribution is 0.153. The molecule has 82 valence electrons. The van der Waals surface area contributed by atoms with Gasteiger partial charge in [0.15, 0.2) is 0 Å². The van der Waals surface area contributed by atoms with Gasteiger partial charge in [0.2, 0.25) is 0 Å². The van der Waals surface area contributed by atoms with E-state index in [2.05, 4.69) is 49.1 Å². The smallest absolute Gasteiger partial charge is 0.0405 e. The van der Waals surface area contributed by atoms with Crippen molar-refractivity contribution in [3.8, 4) is 0 Å². The third kappa shape index (κ3) is 2.06. The van der Waals surface area contributed by atoms with Gasteiger partial charge < -0.3 is 5.73 Å². The third-order valence-corrected chi connectivity index (χ3v) is 3.50. The Kier molecular flexibility index (Phi) is 2.81. The van der Waals surface area contributed by atoms with Crippen LogP contribution in [0.15, 0.2) is 30.3 Å². The highest BCUT2D eigenvalue weighted by atomic mass is 15.2. The van der Waals surface area contributed by atoms with E-state index in [9.17, 15) is 0 Å². The van der Waals surface area contributed by atoms with Crippen LogP contribution in [0.1, 0.15) is 25.8 Å². The molecule has 1 aliphatic rings. The van der Waals surface area contributed by atoms with Crippen LogP contribution in [-0.2, 0) is 5.54 Å². The van der Waals surface area contributed by atoms with Gasteiger partial charge >= 0.3 is 0 Å². The average molecular weight is 204 g/mol. The molecule has 0 radical (unpaired) electrons. The topological polar surface area (TPSA) is 29.3 Å². The van der Waals surface area contributed by atoms with Crippen LogP contribution in [0, 0.1) is 0 Å². The van der Waals surface area contributed by atoms with Crippen molar-refractivity contribution in [2.75, 3.05) is 13.1 Å². The predicted octanol–water partition coefficient (Wildman–Crippen LogP) is 1.95. The molecule has 0 spiro atoms. The second kappa shape index (κ2) is 3.95. The Hall–Kier alpha value is -0.860. The van der Waals surface area contributed by atoms with Crippen LogP contribution < -0.4 is 5.73 Å². The fourth-order valence-corrected chi connectivity index (χ4v) is 2.32. The van der Waals surface area contributed by atoms with E-state index in [1.807, 2.05) is 0 Å². The average Bonchev–Trinajstić information content (AvgIpc) is 2.67. The summed E-state index contributed by atoms with van der Waals surface area (Å²) in [5.41, 5.74) is 7.44. The molecule has 2 N–H and O–H groups in total. The van der Waals surface area contributed by atoms with E-state index in [1.165, 1.54) is 5.56 Å². The number of rotatable bonds is 2. The van der Waals surface area contributed by atoms with Crippen molar-refractivity contribution in [2.24, 2.45) is 5.73 Å². The molecule has 1 heterocycles. The van der Waals surface area contributed by atoms with Crippen molar-refractivity contribution < 1.29 is 0 Å². The summed E-state index contributed by atoms with van der Waals surface area (Å²) in [6, 6.07) is 11.0. The molecule has 2 rings (SSSR count). The normalized spacial score (nSPS) is 23.3. The summed E-state index contributed by atoms with van der Waals surface area (Å²) in [6.45, 7) is 6.69. The lowest BCUT2D eigenvalue weighted by atomic mass is 9.93. The van der Waals surface area contributed by atoms with E-state index in [-0.39, 0.29) is 5.54 Å². The fraction of sp³-hybridized carbons (Fsp3) is 0.538. The first kappa shape index (κ1) is 10.7. The predicted molar refractivity (Wildman–Crippen MR) is 63.6 cm³/mol. The molecule has 0 amide bonds. The van der Waals surface area contributed by atoms with E-state index in [4.69, 9.17) is 5.73 Å². The molecule has 1 aromatic rings. The molecule has 0 bridgehead atoms. The fourth-order valence-electron chi connectivity index (χ4n) is 2.32. The number of hydrogen-bond acceptors (Lipinski definition) is 2. The first-order chi connectivity index (χ1) is 7.10. The van der Waals surface area contributed by atoms with Gasteiger partial charge in [0.05, 0.1) is 0 Å². The monoisotopic (exact) mass is 204 g/mol. The van der Waals surface area contributed by atoms with Crippen LogP contribution in [0.4, 0.5) is 0 Å². The summed E-state index contributed by atoms with van der Waals surface area (Å²) < 4.78 is 0. The molecule has 0 saturated carbocycles. The second-order valence-electron chi connectivity index (χ2n) is 4.92. The number of nitrogens with two attached hydrogens (primary N) is 1. The highest BCUT2D eigenvalue weighted by Crippen LogP contribution is 2.30. The summed E-state index contributed by atoms with van der Waals surface area (Å²) in [5, 5.41) is 0. The van der Waals surface area contributed by atoms with Gasteiger partial charge in [-0.15, -0.1) is 0 Å². The van der Waals surface area contributed by atoms with Crippen LogP contribution in [0.3, 0.4) is 0 Å². The minimum atomic E-state index is 0.107. The van der Waals surface area contributed by atoms with Gasteiger partial charge in [0.1, 0.15) is 0 Å². The zero-order chi connectivity index (χ0) is 10.9. The molecule has 15 heavy (non-hydrogen) atoms. The SMILES string of the molecule is CC(C)(c1ccccc1)N1CCC(N)C1. The molecule has 2 nitrogen and oxygen atoms in total. The van der Waals surface area contributed by atoms with Crippen molar-refractivity contribution in [3.63, 3.8) is 0 Å². The van der Waals surface area contributed by atoms with Crippen molar-refractivity contribution >= 4 is 0 Å². The minimum Gasteiger partial charge on any atom is -0.326 e. The van der Waals surface area contributed by atoms with Crippen LogP contribution in [0.5, 0.6) is 0 Å². The Morgan fingerprint density at radius 2 is 1.93 bits per heavy atom. The highest BCUT2D eigenvalue weighted by molar-refractivity contribution is 5.23. The lowest BCUT2D eigenvalue weighted by Crippen LogP contribution is -2.41. The summed E-state index contributed by atoms with van der Waals surface area (Å²) in [7, 11) is 0. The third-order valence-electron chi connectivity index (χ3n) is 3.50. The van der Waals surface area contributed by atoms with E-state index < -0.39 is 0 Å². The van der Waals surface area contributed by atoms with E-state index in [0.717, 1.165) is 19.5 Å². The Morgan fingerprint density at radius 3 is 2.47 bits per heavy atom. The Balaban J connectivity index is 2.20. The van der Waals surface area contributed by atoms with Gasteiger partial charge in [0.25, 0.3) is 0 Å².